The van der Waals surface area contributed by atoms with Crippen molar-refractivity contribution in [2.75, 3.05) is 13.1 Å². The lowest BCUT2D eigenvalue weighted by molar-refractivity contribution is -0.160. The molecule has 1 saturated heterocycles. The minimum atomic E-state index is -0.824. The van der Waals surface area contributed by atoms with Gasteiger partial charge < -0.3 is 15.0 Å². The summed E-state index contributed by atoms with van der Waals surface area (Å²) in [6.07, 6.45) is 4.77. The number of rotatable bonds is 5. The first-order valence-electron chi connectivity index (χ1n) is 9.99. The van der Waals surface area contributed by atoms with Gasteiger partial charge in [-0.1, -0.05) is 24.4 Å². The summed E-state index contributed by atoms with van der Waals surface area (Å²) < 4.78 is 5.41. The molecule has 2 atom stereocenters. The third kappa shape index (κ3) is 5.25. The molecule has 6 nitrogen and oxygen atoms in total. The molecule has 3 rings (SSSR count). The van der Waals surface area contributed by atoms with Crippen LogP contribution in [0.1, 0.15) is 55.8 Å². The number of ether oxygens (including phenoxy) is 1. The summed E-state index contributed by atoms with van der Waals surface area (Å²) in [6.45, 7) is 2.50. The number of likely N-dealkylation sites (tertiary alicyclic amines) is 1. The first kappa shape index (κ1) is 20.6. The summed E-state index contributed by atoms with van der Waals surface area (Å²) in [6, 6.07) is 6.91. The number of amides is 2. The van der Waals surface area contributed by atoms with E-state index < -0.39 is 18.0 Å². The monoisotopic (exact) mass is 406 g/mol. The summed E-state index contributed by atoms with van der Waals surface area (Å²) in [4.78, 5) is 39.1. The van der Waals surface area contributed by atoms with Gasteiger partial charge in [-0.3, -0.25) is 14.4 Å². The highest BCUT2D eigenvalue weighted by molar-refractivity contribution is 6.30. The predicted molar refractivity (Wildman–Crippen MR) is 106 cm³/mol. The minimum absolute atomic E-state index is 0.124. The molecule has 0 spiro atoms. The first-order chi connectivity index (χ1) is 13.4. The molecule has 1 aromatic carbocycles. The predicted octanol–water partition coefficient (Wildman–Crippen LogP) is 3.18. The van der Waals surface area contributed by atoms with Gasteiger partial charge in [-0.15, -0.1) is 0 Å². The Bertz CT molecular complexity index is 716. The third-order valence-electron chi connectivity index (χ3n) is 5.50. The van der Waals surface area contributed by atoms with Crippen molar-refractivity contribution in [3.8, 4) is 0 Å². The Balaban J connectivity index is 1.52. The zero-order valence-corrected chi connectivity index (χ0v) is 16.9. The SMILES string of the molecule is CC(OC(=O)C1CCCN(C(=O)c2ccc(Cl)cc2)C1)C(=O)NC1CCCC1. The number of halogens is 1. The topological polar surface area (TPSA) is 75.7 Å². The van der Waals surface area contributed by atoms with Crippen LogP contribution in [0.5, 0.6) is 0 Å². The molecule has 2 amide bonds. The molecule has 2 unspecified atom stereocenters. The van der Waals surface area contributed by atoms with Crippen LogP contribution in [-0.4, -0.2) is 47.9 Å². The van der Waals surface area contributed by atoms with E-state index in [2.05, 4.69) is 5.32 Å². The molecular weight excluding hydrogens is 380 g/mol. The number of nitrogens with one attached hydrogen (secondary N) is 1. The lowest BCUT2D eigenvalue weighted by atomic mass is 9.97. The zero-order chi connectivity index (χ0) is 20.1. The molecule has 1 N–H and O–H groups in total. The number of piperidine rings is 1. The van der Waals surface area contributed by atoms with E-state index >= 15 is 0 Å². The molecule has 0 aromatic heterocycles. The van der Waals surface area contributed by atoms with Crippen LogP contribution in [0.2, 0.25) is 5.02 Å². The second-order valence-corrected chi connectivity index (χ2v) is 8.10. The zero-order valence-electron chi connectivity index (χ0n) is 16.2. The largest absolute Gasteiger partial charge is 0.452 e. The maximum Gasteiger partial charge on any atom is 0.311 e. The van der Waals surface area contributed by atoms with Crippen molar-refractivity contribution >= 4 is 29.4 Å². The Morgan fingerprint density at radius 3 is 2.46 bits per heavy atom. The van der Waals surface area contributed by atoms with Crippen molar-refractivity contribution < 1.29 is 19.1 Å². The van der Waals surface area contributed by atoms with Gasteiger partial charge in [0, 0.05) is 29.7 Å². The average molecular weight is 407 g/mol. The van der Waals surface area contributed by atoms with E-state index in [9.17, 15) is 14.4 Å². The highest BCUT2D eigenvalue weighted by Gasteiger charge is 2.32. The Kier molecular flexibility index (Phi) is 6.94. The normalized spacial score (nSPS) is 21.2. The molecule has 7 heteroatoms. The molecule has 2 aliphatic rings. The summed E-state index contributed by atoms with van der Waals surface area (Å²) in [5, 5.41) is 3.52. The second-order valence-electron chi connectivity index (χ2n) is 7.67. The molecule has 1 heterocycles. The van der Waals surface area contributed by atoms with Gasteiger partial charge in [0.05, 0.1) is 5.92 Å². The molecule has 1 saturated carbocycles. The molecule has 0 radical (unpaired) electrons. The van der Waals surface area contributed by atoms with Gasteiger partial charge in [-0.25, -0.2) is 0 Å². The fraction of sp³-hybridized carbons (Fsp3) is 0.571. The van der Waals surface area contributed by atoms with Crippen molar-refractivity contribution in [1.29, 1.82) is 0 Å². The third-order valence-corrected chi connectivity index (χ3v) is 5.75. The van der Waals surface area contributed by atoms with Gasteiger partial charge in [0.25, 0.3) is 11.8 Å². The van der Waals surface area contributed by atoms with Crippen LogP contribution in [0.4, 0.5) is 0 Å². The molecule has 1 aliphatic carbocycles. The number of benzene rings is 1. The van der Waals surface area contributed by atoms with E-state index in [4.69, 9.17) is 16.3 Å². The molecule has 152 valence electrons. The van der Waals surface area contributed by atoms with E-state index in [1.807, 2.05) is 0 Å². The summed E-state index contributed by atoms with van der Waals surface area (Å²) in [5.41, 5.74) is 0.544. The molecule has 1 aliphatic heterocycles. The Morgan fingerprint density at radius 1 is 1.11 bits per heavy atom. The van der Waals surface area contributed by atoms with Crippen molar-refractivity contribution in [3.63, 3.8) is 0 Å². The highest BCUT2D eigenvalue weighted by atomic mass is 35.5. The lowest BCUT2D eigenvalue weighted by Crippen LogP contribution is -2.45. The number of carbonyl (C=O) groups excluding carboxylic acids is 3. The number of nitrogens with zero attached hydrogens (tertiary/aromatic N) is 1. The van der Waals surface area contributed by atoms with E-state index in [1.165, 1.54) is 0 Å². The van der Waals surface area contributed by atoms with E-state index in [0.717, 1.165) is 32.1 Å². The molecular formula is C21H27ClN2O4. The summed E-state index contributed by atoms with van der Waals surface area (Å²) in [5.74, 6) is -1.19. The van der Waals surface area contributed by atoms with Crippen molar-refractivity contribution in [3.05, 3.63) is 34.9 Å². The van der Waals surface area contributed by atoms with Gasteiger partial charge in [-0.05, 0) is 56.9 Å². The van der Waals surface area contributed by atoms with Gasteiger partial charge in [0.2, 0.25) is 0 Å². The van der Waals surface area contributed by atoms with Gasteiger partial charge >= 0.3 is 5.97 Å². The summed E-state index contributed by atoms with van der Waals surface area (Å²) in [7, 11) is 0. The molecule has 1 aromatic rings. The fourth-order valence-electron chi connectivity index (χ4n) is 3.84. The number of hydrogen-bond acceptors (Lipinski definition) is 4. The molecule has 0 bridgehead atoms. The average Bonchev–Trinajstić information content (AvgIpc) is 3.21. The van der Waals surface area contributed by atoms with Crippen LogP contribution in [0, 0.1) is 5.92 Å². The van der Waals surface area contributed by atoms with Crippen molar-refractivity contribution in [2.45, 2.75) is 57.6 Å². The number of hydrogen-bond donors (Lipinski definition) is 1. The Morgan fingerprint density at radius 2 is 1.79 bits per heavy atom. The van der Waals surface area contributed by atoms with Crippen LogP contribution in [-0.2, 0) is 14.3 Å². The van der Waals surface area contributed by atoms with Crippen LogP contribution >= 0.6 is 11.6 Å². The minimum Gasteiger partial charge on any atom is -0.452 e. The lowest BCUT2D eigenvalue weighted by Gasteiger charge is -2.32. The highest BCUT2D eigenvalue weighted by Crippen LogP contribution is 2.22. The van der Waals surface area contributed by atoms with Gasteiger partial charge in [-0.2, -0.15) is 0 Å². The standard InChI is InChI=1S/C21H27ClN2O4/c1-14(19(25)23-18-6-2-3-7-18)28-21(27)16-5-4-12-24(13-16)20(26)15-8-10-17(22)11-9-15/h8-11,14,16,18H,2-7,12-13H2,1H3,(H,23,25). The molecule has 28 heavy (non-hydrogen) atoms. The van der Waals surface area contributed by atoms with Crippen LogP contribution < -0.4 is 5.32 Å². The molecule has 2 fully saturated rings. The van der Waals surface area contributed by atoms with Crippen LogP contribution in [0.3, 0.4) is 0 Å². The van der Waals surface area contributed by atoms with Crippen LogP contribution in [0.25, 0.3) is 0 Å². The van der Waals surface area contributed by atoms with Gasteiger partial charge in [0.15, 0.2) is 6.10 Å². The fourth-order valence-corrected chi connectivity index (χ4v) is 3.97. The van der Waals surface area contributed by atoms with E-state index in [0.29, 0.717) is 30.1 Å². The van der Waals surface area contributed by atoms with E-state index in [-0.39, 0.29) is 17.9 Å². The second kappa shape index (κ2) is 9.41. The maximum atomic E-state index is 12.7. The quantitative estimate of drug-likeness (QED) is 0.762. The van der Waals surface area contributed by atoms with Crippen LogP contribution in [0.15, 0.2) is 24.3 Å². The smallest absolute Gasteiger partial charge is 0.311 e. The summed E-state index contributed by atoms with van der Waals surface area (Å²) >= 11 is 5.88. The number of carbonyl (C=O) groups is 3. The van der Waals surface area contributed by atoms with Crippen molar-refractivity contribution in [2.24, 2.45) is 5.92 Å². The van der Waals surface area contributed by atoms with Gasteiger partial charge in [0.1, 0.15) is 0 Å². The Labute approximate surface area is 170 Å². The Hall–Kier alpha value is -2.08. The number of esters is 1. The first-order valence-corrected chi connectivity index (χ1v) is 10.4. The van der Waals surface area contributed by atoms with Crippen molar-refractivity contribution in [1.82, 2.24) is 10.2 Å². The maximum absolute atomic E-state index is 12.7. The van der Waals surface area contributed by atoms with E-state index in [1.54, 1.807) is 36.1 Å².